The van der Waals surface area contributed by atoms with Crippen LogP contribution in [0.15, 0.2) is 30.3 Å². The highest BCUT2D eigenvalue weighted by atomic mass is 16.6. The smallest absolute Gasteiger partial charge is 0.408 e. The van der Waals surface area contributed by atoms with Gasteiger partial charge in [0, 0.05) is 6.04 Å². The molecule has 2 aliphatic rings. The molecule has 1 aromatic carbocycles. The molecule has 0 heterocycles. The van der Waals surface area contributed by atoms with Gasteiger partial charge in [0.15, 0.2) is 0 Å². The molecular formula is C26H38N2O5. The van der Waals surface area contributed by atoms with Gasteiger partial charge in [0.1, 0.15) is 24.8 Å². The first-order valence-corrected chi connectivity index (χ1v) is 12.1. The molecule has 0 aromatic heterocycles. The highest BCUT2D eigenvalue weighted by molar-refractivity contribution is 5.88. The van der Waals surface area contributed by atoms with Crippen LogP contribution in [0, 0.1) is 11.8 Å². The lowest BCUT2D eigenvalue weighted by Gasteiger charge is -2.48. The van der Waals surface area contributed by atoms with Gasteiger partial charge in [-0.1, -0.05) is 43.2 Å². The maximum Gasteiger partial charge on any atom is 0.408 e. The number of amides is 2. The summed E-state index contributed by atoms with van der Waals surface area (Å²) >= 11 is 0. The van der Waals surface area contributed by atoms with E-state index in [1.54, 1.807) is 11.8 Å². The minimum Gasteiger partial charge on any atom is -0.459 e. The van der Waals surface area contributed by atoms with Crippen molar-refractivity contribution in [3.05, 3.63) is 35.9 Å². The van der Waals surface area contributed by atoms with Crippen LogP contribution in [0.4, 0.5) is 4.79 Å². The van der Waals surface area contributed by atoms with Crippen molar-refractivity contribution in [2.45, 2.75) is 90.5 Å². The summed E-state index contributed by atoms with van der Waals surface area (Å²) < 4.78 is 10.8. The molecule has 0 spiro atoms. The molecule has 0 unspecified atom stereocenters. The molecular weight excluding hydrogens is 420 g/mol. The van der Waals surface area contributed by atoms with Gasteiger partial charge in [0.05, 0.1) is 0 Å². The van der Waals surface area contributed by atoms with Crippen LogP contribution in [0.5, 0.6) is 0 Å². The third-order valence-electron chi connectivity index (χ3n) is 6.55. The van der Waals surface area contributed by atoms with Crippen molar-refractivity contribution in [3.8, 4) is 0 Å². The Bertz CT molecular complexity index is 798. The standard InChI is InChI=1S/C26H38N2O5/c1-18(27-25(31)32-17-19-10-6-5-7-11-19)24(30)28(16-22(29)33-26(2,3)4)23-20-12-8-13-21(23)15-9-14-20/h5-7,10-11,18,20-21,23H,8-9,12-17H2,1-4H3,(H,27,31)/t18-,20?,21?,23?/m0/s1. The first-order valence-electron chi connectivity index (χ1n) is 12.1. The van der Waals surface area contributed by atoms with Gasteiger partial charge in [-0.3, -0.25) is 9.59 Å². The Hall–Kier alpha value is -2.57. The Morgan fingerprint density at radius 2 is 1.61 bits per heavy atom. The zero-order valence-corrected chi connectivity index (χ0v) is 20.3. The Morgan fingerprint density at radius 1 is 1.03 bits per heavy atom. The van der Waals surface area contributed by atoms with Crippen LogP contribution >= 0.6 is 0 Å². The number of nitrogens with one attached hydrogen (secondary N) is 1. The number of rotatable bonds is 7. The molecule has 1 N–H and O–H groups in total. The number of carbonyl (C=O) groups excluding carboxylic acids is 3. The predicted octanol–water partition coefficient (Wildman–Crippen LogP) is 4.44. The van der Waals surface area contributed by atoms with Gasteiger partial charge in [-0.15, -0.1) is 0 Å². The van der Waals surface area contributed by atoms with Gasteiger partial charge in [0.2, 0.25) is 5.91 Å². The van der Waals surface area contributed by atoms with Crippen molar-refractivity contribution in [2.24, 2.45) is 11.8 Å². The molecule has 3 rings (SSSR count). The Morgan fingerprint density at radius 3 is 2.15 bits per heavy atom. The largest absolute Gasteiger partial charge is 0.459 e. The molecule has 0 aliphatic heterocycles. The highest BCUT2D eigenvalue weighted by Gasteiger charge is 2.43. The average molecular weight is 459 g/mol. The van der Waals surface area contributed by atoms with Crippen LogP contribution in [0.3, 0.4) is 0 Å². The van der Waals surface area contributed by atoms with Crippen molar-refractivity contribution in [3.63, 3.8) is 0 Å². The monoisotopic (exact) mass is 458 g/mol. The number of nitrogens with zero attached hydrogens (tertiary/aromatic N) is 1. The molecule has 2 fully saturated rings. The quantitative estimate of drug-likeness (QED) is 0.611. The Labute approximate surface area is 197 Å². The van der Waals surface area contributed by atoms with E-state index in [0.29, 0.717) is 11.8 Å². The van der Waals surface area contributed by atoms with E-state index >= 15 is 0 Å². The molecule has 0 saturated heterocycles. The fourth-order valence-corrected chi connectivity index (χ4v) is 5.25. The summed E-state index contributed by atoms with van der Waals surface area (Å²) in [5.74, 6) is 0.0990. The van der Waals surface area contributed by atoms with Crippen molar-refractivity contribution < 1.29 is 23.9 Å². The third kappa shape index (κ3) is 7.21. The number of carbonyl (C=O) groups is 3. The van der Waals surface area contributed by atoms with E-state index in [-0.39, 0.29) is 25.1 Å². The summed E-state index contributed by atoms with van der Waals surface area (Å²) in [6.45, 7) is 7.13. The number of ether oxygens (including phenoxy) is 2. The second-order valence-corrected chi connectivity index (χ2v) is 10.4. The topological polar surface area (TPSA) is 84.9 Å². The van der Waals surface area contributed by atoms with E-state index in [9.17, 15) is 14.4 Å². The van der Waals surface area contributed by atoms with Crippen LogP contribution in [0.25, 0.3) is 0 Å². The predicted molar refractivity (Wildman–Crippen MR) is 125 cm³/mol. The zero-order valence-electron chi connectivity index (χ0n) is 20.3. The zero-order chi connectivity index (χ0) is 24.0. The summed E-state index contributed by atoms with van der Waals surface area (Å²) in [4.78, 5) is 40.3. The lowest BCUT2D eigenvalue weighted by Crippen LogP contribution is -2.58. The third-order valence-corrected chi connectivity index (χ3v) is 6.55. The van der Waals surface area contributed by atoms with Crippen LogP contribution in [0.2, 0.25) is 0 Å². The number of esters is 1. The van der Waals surface area contributed by atoms with Gasteiger partial charge in [0.25, 0.3) is 0 Å². The molecule has 182 valence electrons. The molecule has 7 heteroatoms. The first-order chi connectivity index (χ1) is 15.6. The second kappa shape index (κ2) is 11.0. The summed E-state index contributed by atoms with van der Waals surface area (Å²) in [6.07, 6.45) is 5.96. The van der Waals surface area contributed by atoms with Crippen molar-refractivity contribution in [1.29, 1.82) is 0 Å². The minimum atomic E-state index is -0.807. The van der Waals surface area contributed by atoms with Crippen molar-refractivity contribution >= 4 is 18.0 Å². The molecule has 1 aromatic rings. The molecule has 2 aliphatic carbocycles. The van der Waals surface area contributed by atoms with Crippen molar-refractivity contribution in [2.75, 3.05) is 6.54 Å². The van der Waals surface area contributed by atoms with E-state index in [1.807, 2.05) is 51.1 Å². The van der Waals surface area contributed by atoms with Crippen LogP contribution < -0.4 is 5.32 Å². The summed E-state index contributed by atoms with van der Waals surface area (Å²) in [5, 5.41) is 2.65. The van der Waals surface area contributed by atoms with Gasteiger partial charge in [-0.2, -0.15) is 0 Å². The van der Waals surface area contributed by atoms with Gasteiger partial charge < -0.3 is 19.7 Å². The van der Waals surface area contributed by atoms with Crippen LogP contribution in [-0.4, -0.2) is 47.1 Å². The van der Waals surface area contributed by atoms with E-state index in [0.717, 1.165) is 31.2 Å². The molecule has 2 saturated carbocycles. The molecule has 0 radical (unpaired) electrons. The van der Waals surface area contributed by atoms with Crippen molar-refractivity contribution in [1.82, 2.24) is 10.2 Å². The molecule has 2 amide bonds. The highest BCUT2D eigenvalue weighted by Crippen LogP contribution is 2.43. The van der Waals surface area contributed by atoms with Crippen LogP contribution in [-0.2, 0) is 25.7 Å². The van der Waals surface area contributed by atoms with Gasteiger partial charge in [-0.05, 0) is 70.8 Å². The number of hydrogen-bond donors (Lipinski definition) is 1. The molecule has 7 nitrogen and oxygen atoms in total. The normalized spacial score (nSPS) is 23.2. The molecule has 33 heavy (non-hydrogen) atoms. The molecule has 1 atom stereocenters. The van der Waals surface area contributed by atoms with E-state index in [1.165, 1.54) is 12.8 Å². The maximum atomic E-state index is 13.5. The summed E-state index contributed by atoms with van der Waals surface area (Å²) in [5.41, 5.74) is 0.243. The number of alkyl carbamates (subject to hydrolysis) is 1. The van der Waals surface area contributed by atoms with Gasteiger partial charge in [-0.25, -0.2) is 4.79 Å². The lowest BCUT2D eigenvalue weighted by atomic mass is 9.67. The first kappa shape index (κ1) is 25.1. The van der Waals surface area contributed by atoms with Gasteiger partial charge >= 0.3 is 12.1 Å². The Balaban J connectivity index is 1.68. The number of hydrogen-bond acceptors (Lipinski definition) is 5. The van der Waals surface area contributed by atoms with E-state index in [4.69, 9.17) is 9.47 Å². The fourth-order valence-electron chi connectivity index (χ4n) is 5.25. The van der Waals surface area contributed by atoms with Crippen LogP contribution in [0.1, 0.15) is 71.8 Å². The number of fused-ring (bicyclic) bond motifs is 2. The maximum absolute atomic E-state index is 13.5. The SMILES string of the molecule is C[C@H](NC(=O)OCc1ccccc1)C(=O)N(CC(=O)OC(C)(C)C)C1C2CCCC1CCC2. The number of benzene rings is 1. The van der Waals surface area contributed by atoms with E-state index < -0.39 is 23.7 Å². The summed E-state index contributed by atoms with van der Waals surface area (Å²) in [6, 6.07) is 8.58. The second-order valence-electron chi connectivity index (χ2n) is 10.4. The lowest BCUT2D eigenvalue weighted by molar-refractivity contribution is -0.163. The van der Waals surface area contributed by atoms with E-state index in [2.05, 4.69) is 5.32 Å². The minimum absolute atomic E-state index is 0.0112. The Kier molecular flexibility index (Phi) is 8.38. The average Bonchev–Trinajstić information content (AvgIpc) is 2.74. The molecule has 2 bridgehead atoms. The fraction of sp³-hybridized carbons (Fsp3) is 0.654. The summed E-state index contributed by atoms with van der Waals surface area (Å²) in [7, 11) is 0.